The number of hydrogen-bond donors (Lipinski definition) is 0. The van der Waals surface area contributed by atoms with Crippen LogP contribution in [-0.2, 0) is 17.8 Å². The van der Waals surface area contributed by atoms with Crippen LogP contribution < -0.4 is 0 Å². The highest BCUT2D eigenvalue weighted by Crippen LogP contribution is 2.20. The summed E-state index contributed by atoms with van der Waals surface area (Å²) in [6.45, 7) is 8.59. The molecular weight excluding hydrogens is 384 g/mol. The van der Waals surface area contributed by atoms with Gasteiger partial charge in [-0.25, -0.2) is 4.68 Å². The smallest absolute Gasteiger partial charge is 0.222 e. The molecule has 1 saturated heterocycles. The van der Waals surface area contributed by atoms with E-state index in [4.69, 9.17) is 5.10 Å². The first-order valence-corrected chi connectivity index (χ1v) is 11.3. The van der Waals surface area contributed by atoms with Crippen molar-refractivity contribution >= 4 is 5.91 Å². The van der Waals surface area contributed by atoms with E-state index in [9.17, 15) is 4.79 Å². The van der Waals surface area contributed by atoms with E-state index >= 15 is 0 Å². The molecule has 0 saturated carbocycles. The molecule has 0 radical (unpaired) electrons. The first-order valence-electron chi connectivity index (χ1n) is 11.3. The summed E-state index contributed by atoms with van der Waals surface area (Å²) in [6, 6.07) is 20.7. The van der Waals surface area contributed by atoms with Crippen LogP contribution >= 0.6 is 0 Å². The van der Waals surface area contributed by atoms with Crippen molar-refractivity contribution in [3.8, 4) is 5.69 Å². The molecule has 31 heavy (non-hydrogen) atoms. The van der Waals surface area contributed by atoms with Gasteiger partial charge in [-0.15, -0.1) is 0 Å². The van der Waals surface area contributed by atoms with E-state index in [0.717, 1.165) is 56.9 Å². The first kappa shape index (κ1) is 21.3. The summed E-state index contributed by atoms with van der Waals surface area (Å²) in [4.78, 5) is 17.1. The Labute approximate surface area is 185 Å². The lowest BCUT2D eigenvalue weighted by Gasteiger charge is -2.35. The highest BCUT2D eigenvalue weighted by atomic mass is 16.2. The molecule has 5 nitrogen and oxygen atoms in total. The molecule has 1 amide bonds. The molecule has 0 aliphatic carbocycles. The molecule has 162 valence electrons. The van der Waals surface area contributed by atoms with Crippen molar-refractivity contribution < 1.29 is 4.79 Å². The number of piperazine rings is 1. The number of aromatic nitrogens is 2. The first-order chi connectivity index (χ1) is 15.1. The van der Waals surface area contributed by atoms with E-state index in [1.165, 1.54) is 16.8 Å². The normalized spacial score (nSPS) is 14.7. The molecule has 0 spiro atoms. The number of nitrogens with zero attached hydrogens (tertiary/aromatic N) is 4. The summed E-state index contributed by atoms with van der Waals surface area (Å²) in [5, 5.41) is 4.77. The van der Waals surface area contributed by atoms with Crippen LogP contribution in [0.1, 0.15) is 35.4 Å². The molecule has 0 unspecified atom stereocenters. The molecule has 0 N–H and O–H groups in total. The summed E-state index contributed by atoms with van der Waals surface area (Å²) < 4.78 is 2.04. The summed E-state index contributed by atoms with van der Waals surface area (Å²) in [5.74, 6) is 0.292. The highest BCUT2D eigenvalue weighted by Gasteiger charge is 2.23. The Balaban J connectivity index is 1.27. The van der Waals surface area contributed by atoms with Gasteiger partial charge in [0.05, 0.1) is 11.4 Å². The van der Waals surface area contributed by atoms with Crippen LogP contribution in [0.5, 0.6) is 0 Å². The number of para-hydroxylation sites is 1. The number of aryl methyl sites for hydroxylation is 2. The minimum absolute atomic E-state index is 0.292. The third-order valence-corrected chi connectivity index (χ3v) is 6.25. The molecule has 5 heteroatoms. The molecule has 0 atom stereocenters. The third kappa shape index (κ3) is 5.23. The van der Waals surface area contributed by atoms with Gasteiger partial charge in [0, 0.05) is 50.4 Å². The van der Waals surface area contributed by atoms with Crippen LogP contribution in [0.4, 0.5) is 0 Å². The van der Waals surface area contributed by atoms with Crippen LogP contribution in [0, 0.1) is 13.8 Å². The molecule has 4 rings (SSSR count). The van der Waals surface area contributed by atoms with Crippen LogP contribution in [0.15, 0.2) is 60.7 Å². The molecule has 1 aliphatic heterocycles. The van der Waals surface area contributed by atoms with Gasteiger partial charge >= 0.3 is 0 Å². The van der Waals surface area contributed by atoms with Crippen LogP contribution in [-0.4, -0.2) is 51.7 Å². The second kappa shape index (κ2) is 9.92. The largest absolute Gasteiger partial charge is 0.340 e. The zero-order valence-corrected chi connectivity index (χ0v) is 18.6. The number of rotatable bonds is 7. The van der Waals surface area contributed by atoms with E-state index in [2.05, 4.69) is 55.1 Å². The topological polar surface area (TPSA) is 41.4 Å². The molecule has 0 bridgehead atoms. The van der Waals surface area contributed by atoms with Gasteiger partial charge in [0.2, 0.25) is 5.91 Å². The van der Waals surface area contributed by atoms with Crippen molar-refractivity contribution in [1.29, 1.82) is 0 Å². The Bertz CT molecular complexity index is 989. The molecular formula is C26H32N4O. The van der Waals surface area contributed by atoms with Crippen molar-refractivity contribution in [2.24, 2.45) is 0 Å². The average molecular weight is 417 g/mol. The molecule has 2 aromatic carbocycles. The van der Waals surface area contributed by atoms with Gasteiger partial charge < -0.3 is 4.90 Å². The number of benzene rings is 2. The second-order valence-electron chi connectivity index (χ2n) is 8.39. The maximum atomic E-state index is 12.6. The average Bonchev–Trinajstić information content (AvgIpc) is 3.09. The highest BCUT2D eigenvalue weighted by molar-refractivity contribution is 5.76. The number of carbonyl (C=O) groups is 1. The fourth-order valence-electron chi connectivity index (χ4n) is 4.35. The lowest BCUT2D eigenvalue weighted by molar-refractivity contribution is -0.133. The van der Waals surface area contributed by atoms with Crippen LogP contribution in [0.25, 0.3) is 5.69 Å². The number of amides is 1. The Morgan fingerprint density at radius 1 is 0.903 bits per heavy atom. The standard InChI is InChI=1S/C26H32N4O/c1-21-25(22(2)30(27-21)24-13-7-4-8-14-24)20-28-16-18-29(19-17-28)26(31)15-9-12-23-10-5-3-6-11-23/h3-8,10-11,13-14H,9,12,15-20H2,1-2H3. The van der Waals surface area contributed by atoms with Crippen molar-refractivity contribution in [2.45, 2.75) is 39.7 Å². The van der Waals surface area contributed by atoms with Crippen molar-refractivity contribution in [2.75, 3.05) is 26.2 Å². The van der Waals surface area contributed by atoms with Crippen molar-refractivity contribution in [3.63, 3.8) is 0 Å². The van der Waals surface area contributed by atoms with Gasteiger partial charge in [0.15, 0.2) is 0 Å². The van der Waals surface area contributed by atoms with Gasteiger partial charge in [-0.1, -0.05) is 48.5 Å². The number of hydrogen-bond acceptors (Lipinski definition) is 3. The van der Waals surface area contributed by atoms with Gasteiger partial charge in [0.1, 0.15) is 0 Å². The predicted octanol–water partition coefficient (Wildman–Crippen LogP) is 4.16. The number of carbonyl (C=O) groups excluding carboxylic acids is 1. The molecule has 1 aliphatic rings. The van der Waals surface area contributed by atoms with E-state index in [1.54, 1.807) is 0 Å². The van der Waals surface area contributed by atoms with Gasteiger partial charge in [0.25, 0.3) is 0 Å². The minimum atomic E-state index is 0.292. The summed E-state index contributed by atoms with van der Waals surface area (Å²) in [5.41, 5.74) is 5.98. The van der Waals surface area contributed by atoms with E-state index < -0.39 is 0 Å². The Morgan fingerprint density at radius 2 is 1.55 bits per heavy atom. The van der Waals surface area contributed by atoms with Gasteiger partial charge in [-0.2, -0.15) is 5.10 Å². The van der Waals surface area contributed by atoms with Gasteiger partial charge in [-0.3, -0.25) is 9.69 Å². The summed E-state index contributed by atoms with van der Waals surface area (Å²) in [6.07, 6.45) is 2.52. The Kier molecular flexibility index (Phi) is 6.82. The fraction of sp³-hybridized carbons (Fsp3) is 0.385. The fourth-order valence-corrected chi connectivity index (χ4v) is 4.35. The molecule has 1 aromatic heterocycles. The third-order valence-electron chi connectivity index (χ3n) is 6.25. The molecule has 3 aromatic rings. The Morgan fingerprint density at radius 3 is 2.23 bits per heavy atom. The lowest BCUT2D eigenvalue weighted by Crippen LogP contribution is -2.48. The van der Waals surface area contributed by atoms with E-state index in [-0.39, 0.29) is 0 Å². The lowest BCUT2D eigenvalue weighted by atomic mass is 10.1. The SMILES string of the molecule is Cc1nn(-c2ccccc2)c(C)c1CN1CCN(C(=O)CCCc2ccccc2)CC1. The Hall–Kier alpha value is -2.92. The van der Waals surface area contributed by atoms with Crippen LogP contribution in [0.3, 0.4) is 0 Å². The summed E-state index contributed by atoms with van der Waals surface area (Å²) in [7, 11) is 0. The quantitative estimate of drug-likeness (QED) is 0.581. The van der Waals surface area contributed by atoms with Crippen molar-refractivity contribution in [3.05, 3.63) is 83.2 Å². The van der Waals surface area contributed by atoms with Crippen molar-refractivity contribution in [1.82, 2.24) is 19.6 Å². The molecule has 1 fully saturated rings. The second-order valence-corrected chi connectivity index (χ2v) is 8.39. The van der Waals surface area contributed by atoms with E-state index in [0.29, 0.717) is 12.3 Å². The van der Waals surface area contributed by atoms with E-state index in [1.807, 2.05) is 33.8 Å². The monoisotopic (exact) mass is 416 g/mol. The minimum Gasteiger partial charge on any atom is -0.340 e. The zero-order chi connectivity index (χ0) is 21.6. The summed E-state index contributed by atoms with van der Waals surface area (Å²) >= 11 is 0. The maximum absolute atomic E-state index is 12.6. The van der Waals surface area contributed by atoms with Gasteiger partial charge in [-0.05, 0) is 44.4 Å². The zero-order valence-electron chi connectivity index (χ0n) is 18.6. The molecule has 2 heterocycles. The predicted molar refractivity (Wildman–Crippen MR) is 124 cm³/mol. The maximum Gasteiger partial charge on any atom is 0.222 e. The van der Waals surface area contributed by atoms with Crippen LogP contribution in [0.2, 0.25) is 0 Å².